The van der Waals surface area contributed by atoms with Gasteiger partial charge in [0.1, 0.15) is 11.4 Å². The summed E-state index contributed by atoms with van der Waals surface area (Å²) in [4.78, 5) is 28.9. The Labute approximate surface area is 167 Å². The molecule has 1 heterocycles. The third-order valence-corrected chi connectivity index (χ3v) is 4.37. The zero-order valence-electron chi connectivity index (χ0n) is 15.1. The van der Waals surface area contributed by atoms with Gasteiger partial charge in [0.15, 0.2) is 0 Å². The Morgan fingerprint density at radius 1 is 1.04 bits per heavy atom. The maximum Gasteiger partial charge on any atom is 0.274 e. The normalized spacial score (nSPS) is 10.2. The van der Waals surface area contributed by atoms with Gasteiger partial charge in [-0.25, -0.2) is 0 Å². The smallest absolute Gasteiger partial charge is 0.274 e. The number of rotatable bonds is 6. The van der Waals surface area contributed by atoms with Gasteiger partial charge in [0.25, 0.3) is 11.8 Å². The standard InChI is InChI=1S/C21H18ClN3O3/c1-28-17-8-6-16(7-9-17)25-21(27)19-12-14(10-11-23-19)20(26)24-13-15-4-2-3-5-18(15)22/h2-12H,13H2,1H3,(H,24,26)(H,25,27). The predicted molar refractivity (Wildman–Crippen MR) is 108 cm³/mol. The van der Waals surface area contributed by atoms with Crippen molar-refractivity contribution in [1.29, 1.82) is 0 Å². The monoisotopic (exact) mass is 395 g/mol. The SMILES string of the molecule is COc1ccc(NC(=O)c2cc(C(=O)NCc3ccccc3Cl)ccn2)cc1. The van der Waals surface area contributed by atoms with Crippen LogP contribution in [-0.4, -0.2) is 23.9 Å². The molecule has 0 radical (unpaired) electrons. The largest absolute Gasteiger partial charge is 0.497 e. The summed E-state index contributed by atoms with van der Waals surface area (Å²) >= 11 is 6.09. The van der Waals surface area contributed by atoms with E-state index in [1.54, 1.807) is 43.5 Å². The summed E-state index contributed by atoms with van der Waals surface area (Å²) in [6.07, 6.45) is 1.42. The van der Waals surface area contributed by atoms with Crippen LogP contribution in [-0.2, 0) is 6.54 Å². The Balaban J connectivity index is 1.66. The molecule has 0 aliphatic carbocycles. The van der Waals surface area contributed by atoms with Gasteiger partial charge >= 0.3 is 0 Å². The van der Waals surface area contributed by atoms with E-state index < -0.39 is 5.91 Å². The van der Waals surface area contributed by atoms with Gasteiger partial charge in [0.2, 0.25) is 0 Å². The fraction of sp³-hybridized carbons (Fsp3) is 0.0952. The van der Waals surface area contributed by atoms with Crippen molar-refractivity contribution < 1.29 is 14.3 Å². The molecule has 0 aliphatic heterocycles. The summed E-state index contributed by atoms with van der Waals surface area (Å²) in [5.74, 6) is -0.0416. The van der Waals surface area contributed by atoms with Gasteiger partial charge in [0.05, 0.1) is 7.11 Å². The minimum Gasteiger partial charge on any atom is -0.497 e. The second kappa shape index (κ2) is 9.01. The maximum absolute atomic E-state index is 12.4. The number of nitrogens with one attached hydrogen (secondary N) is 2. The van der Waals surface area contributed by atoms with Crippen molar-refractivity contribution in [2.75, 3.05) is 12.4 Å². The van der Waals surface area contributed by atoms with E-state index in [2.05, 4.69) is 15.6 Å². The molecule has 1 aromatic heterocycles. The summed E-state index contributed by atoms with van der Waals surface area (Å²) in [5, 5.41) is 6.10. The lowest BCUT2D eigenvalue weighted by atomic mass is 10.2. The molecule has 0 atom stereocenters. The lowest BCUT2D eigenvalue weighted by molar-refractivity contribution is 0.0951. The van der Waals surface area contributed by atoms with E-state index in [1.807, 2.05) is 18.2 Å². The van der Waals surface area contributed by atoms with Gasteiger partial charge in [-0.2, -0.15) is 0 Å². The highest BCUT2D eigenvalue weighted by molar-refractivity contribution is 6.31. The summed E-state index contributed by atoms with van der Waals surface area (Å²) in [5.41, 5.74) is 1.88. The number of aromatic nitrogens is 1. The summed E-state index contributed by atoms with van der Waals surface area (Å²) in [6.45, 7) is 0.286. The number of carbonyl (C=O) groups excluding carboxylic acids is 2. The van der Waals surface area contributed by atoms with Crippen LogP contribution in [0.25, 0.3) is 0 Å². The van der Waals surface area contributed by atoms with Crippen LogP contribution in [0.15, 0.2) is 66.9 Å². The number of anilines is 1. The van der Waals surface area contributed by atoms with Crippen LogP contribution in [0.5, 0.6) is 5.75 Å². The van der Waals surface area contributed by atoms with Crippen molar-refractivity contribution in [3.05, 3.63) is 88.7 Å². The maximum atomic E-state index is 12.4. The number of ether oxygens (including phenoxy) is 1. The van der Waals surface area contributed by atoms with Crippen molar-refractivity contribution >= 4 is 29.1 Å². The number of hydrogen-bond acceptors (Lipinski definition) is 4. The van der Waals surface area contributed by atoms with E-state index in [0.29, 0.717) is 22.0 Å². The Morgan fingerprint density at radius 2 is 1.79 bits per heavy atom. The minimum atomic E-state index is -0.411. The van der Waals surface area contributed by atoms with Crippen LogP contribution in [0, 0.1) is 0 Å². The molecule has 0 saturated carbocycles. The van der Waals surface area contributed by atoms with Crippen LogP contribution in [0.2, 0.25) is 5.02 Å². The van der Waals surface area contributed by atoms with E-state index >= 15 is 0 Å². The third kappa shape index (κ3) is 4.86. The van der Waals surface area contributed by atoms with Crippen LogP contribution >= 0.6 is 11.6 Å². The second-order valence-corrected chi connectivity index (χ2v) is 6.29. The Bertz CT molecular complexity index is 990. The highest BCUT2D eigenvalue weighted by Crippen LogP contribution is 2.16. The molecular weight excluding hydrogens is 378 g/mol. The first-order valence-corrected chi connectivity index (χ1v) is 8.87. The van der Waals surface area contributed by atoms with E-state index in [9.17, 15) is 9.59 Å². The first kappa shape index (κ1) is 19.4. The van der Waals surface area contributed by atoms with Crippen LogP contribution in [0.4, 0.5) is 5.69 Å². The molecule has 0 saturated heterocycles. The number of pyridine rings is 1. The predicted octanol–water partition coefficient (Wildman–Crippen LogP) is 3.93. The van der Waals surface area contributed by atoms with Crippen molar-refractivity contribution in [2.45, 2.75) is 6.54 Å². The molecule has 6 nitrogen and oxygen atoms in total. The summed E-state index contributed by atoms with van der Waals surface area (Å²) in [7, 11) is 1.57. The average Bonchev–Trinajstić information content (AvgIpc) is 2.73. The molecule has 0 aliphatic rings. The second-order valence-electron chi connectivity index (χ2n) is 5.89. The van der Waals surface area contributed by atoms with Crippen molar-refractivity contribution in [3.63, 3.8) is 0 Å². The van der Waals surface area contributed by atoms with Crippen LogP contribution in [0.1, 0.15) is 26.4 Å². The van der Waals surface area contributed by atoms with Gasteiger partial charge < -0.3 is 15.4 Å². The van der Waals surface area contributed by atoms with E-state index in [1.165, 1.54) is 12.3 Å². The lowest BCUT2D eigenvalue weighted by Crippen LogP contribution is -2.24. The third-order valence-electron chi connectivity index (χ3n) is 4.00. The van der Waals surface area contributed by atoms with E-state index in [0.717, 1.165) is 5.56 Å². The quantitative estimate of drug-likeness (QED) is 0.662. The molecule has 28 heavy (non-hydrogen) atoms. The first-order valence-electron chi connectivity index (χ1n) is 8.50. The number of nitrogens with zero attached hydrogens (tertiary/aromatic N) is 1. The average molecular weight is 396 g/mol. The van der Waals surface area contributed by atoms with E-state index in [-0.39, 0.29) is 18.1 Å². The number of methoxy groups -OCH3 is 1. The molecule has 7 heteroatoms. The van der Waals surface area contributed by atoms with Gasteiger partial charge in [-0.05, 0) is 48.0 Å². The molecule has 2 amide bonds. The minimum absolute atomic E-state index is 0.140. The number of halogens is 1. The molecule has 0 bridgehead atoms. The molecule has 3 rings (SSSR count). The zero-order valence-corrected chi connectivity index (χ0v) is 15.9. The van der Waals surface area contributed by atoms with Crippen LogP contribution in [0.3, 0.4) is 0 Å². The highest BCUT2D eigenvalue weighted by atomic mass is 35.5. The summed E-state index contributed by atoms with van der Waals surface area (Å²) in [6, 6.07) is 17.2. The number of benzene rings is 2. The molecule has 3 aromatic rings. The van der Waals surface area contributed by atoms with Gasteiger partial charge in [-0.15, -0.1) is 0 Å². The molecule has 0 fully saturated rings. The Kier molecular flexibility index (Phi) is 6.24. The van der Waals surface area contributed by atoms with Crippen molar-refractivity contribution in [3.8, 4) is 5.75 Å². The van der Waals surface area contributed by atoms with Gasteiger partial charge in [-0.1, -0.05) is 29.8 Å². The fourth-order valence-corrected chi connectivity index (χ4v) is 2.69. The van der Waals surface area contributed by atoms with E-state index in [4.69, 9.17) is 16.3 Å². The highest BCUT2D eigenvalue weighted by Gasteiger charge is 2.12. The topological polar surface area (TPSA) is 80.3 Å². The number of carbonyl (C=O) groups is 2. The van der Waals surface area contributed by atoms with Crippen molar-refractivity contribution in [1.82, 2.24) is 10.3 Å². The molecule has 2 aromatic carbocycles. The Hall–Kier alpha value is -3.38. The van der Waals surface area contributed by atoms with Crippen molar-refractivity contribution in [2.24, 2.45) is 0 Å². The number of amides is 2. The van der Waals surface area contributed by atoms with Gasteiger partial charge in [-0.3, -0.25) is 14.6 Å². The van der Waals surface area contributed by atoms with Gasteiger partial charge in [0, 0.05) is 29.0 Å². The lowest BCUT2D eigenvalue weighted by Gasteiger charge is -2.09. The van der Waals surface area contributed by atoms with Crippen LogP contribution < -0.4 is 15.4 Å². The zero-order chi connectivity index (χ0) is 19.9. The molecule has 2 N–H and O–H groups in total. The molecule has 142 valence electrons. The fourth-order valence-electron chi connectivity index (χ4n) is 2.48. The molecular formula is C21H18ClN3O3. The number of hydrogen-bond donors (Lipinski definition) is 2. The molecule has 0 spiro atoms. The first-order chi connectivity index (χ1) is 13.6. The molecule has 0 unspecified atom stereocenters. The summed E-state index contributed by atoms with van der Waals surface area (Å²) < 4.78 is 5.09. The Morgan fingerprint density at radius 3 is 2.50 bits per heavy atom.